The van der Waals surface area contributed by atoms with Crippen molar-refractivity contribution < 1.29 is 4.74 Å². The highest BCUT2D eigenvalue weighted by atomic mass is 16.5. The predicted molar refractivity (Wildman–Crippen MR) is 80.5 cm³/mol. The zero-order valence-electron chi connectivity index (χ0n) is 13.4. The Kier molecular flexibility index (Phi) is 4.91. The SMILES string of the molecule is CCC1CNC(C(C)(C)C)CN1C1CCCC1OC. The summed E-state index contributed by atoms with van der Waals surface area (Å²) >= 11 is 0. The van der Waals surface area contributed by atoms with E-state index < -0.39 is 0 Å². The quantitative estimate of drug-likeness (QED) is 0.851. The summed E-state index contributed by atoms with van der Waals surface area (Å²) in [5.74, 6) is 0. The first-order chi connectivity index (χ1) is 8.97. The molecule has 1 saturated carbocycles. The van der Waals surface area contributed by atoms with Gasteiger partial charge in [-0.3, -0.25) is 4.90 Å². The molecule has 0 radical (unpaired) electrons. The number of rotatable bonds is 3. The molecule has 112 valence electrons. The number of nitrogens with one attached hydrogen (secondary N) is 1. The lowest BCUT2D eigenvalue weighted by molar-refractivity contribution is -0.0158. The molecule has 1 aliphatic carbocycles. The van der Waals surface area contributed by atoms with Crippen LogP contribution in [0.5, 0.6) is 0 Å². The van der Waals surface area contributed by atoms with E-state index in [-0.39, 0.29) is 0 Å². The number of hydrogen-bond donors (Lipinski definition) is 1. The first-order valence-corrected chi connectivity index (χ1v) is 7.99. The van der Waals surface area contributed by atoms with Gasteiger partial charge in [-0.25, -0.2) is 0 Å². The molecule has 2 fully saturated rings. The molecule has 2 aliphatic rings. The Morgan fingerprint density at radius 1 is 1.26 bits per heavy atom. The summed E-state index contributed by atoms with van der Waals surface area (Å²) in [5, 5.41) is 3.76. The van der Waals surface area contributed by atoms with Gasteiger partial charge in [-0.2, -0.15) is 0 Å². The van der Waals surface area contributed by atoms with Crippen LogP contribution in [0, 0.1) is 5.41 Å². The Hall–Kier alpha value is -0.120. The van der Waals surface area contributed by atoms with Crippen molar-refractivity contribution in [3.8, 4) is 0 Å². The molecule has 2 rings (SSSR count). The molecule has 3 nitrogen and oxygen atoms in total. The van der Waals surface area contributed by atoms with Crippen LogP contribution < -0.4 is 5.32 Å². The van der Waals surface area contributed by atoms with Gasteiger partial charge in [-0.1, -0.05) is 27.7 Å². The highest BCUT2D eigenvalue weighted by molar-refractivity contribution is 4.97. The zero-order chi connectivity index (χ0) is 14.0. The second kappa shape index (κ2) is 6.11. The number of nitrogens with zero attached hydrogens (tertiary/aromatic N) is 1. The lowest BCUT2D eigenvalue weighted by atomic mass is 9.84. The van der Waals surface area contributed by atoms with Crippen LogP contribution >= 0.6 is 0 Å². The fourth-order valence-electron chi connectivity index (χ4n) is 3.75. The first-order valence-electron chi connectivity index (χ1n) is 7.99. The van der Waals surface area contributed by atoms with Crippen molar-refractivity contribution in [1.29, 1.82) is 0 Å². The smallest absolute Gasteiger partial charge is 0.0726 e. The first kappa shape index (κ1) is 15.3. The molecule has 4 atom stereocenters. The van der Waals surface area contributed by atoms with Crippen molar-refractivity contribution in [2.75, 3.05) is 20.2 Å². The number of methoxy groups -OCH3 is 1. The summed E-state index contributed by atoms with van der Waals surface area (Å²) < 4.78 is 5.73. The van der Waals surface area contributed by atoms with E-state index in [4.69, 9.17) is 4.74 Å². The molecule has 0 aromatic rings. The lowest BCUT2D eigenvalue weighted by Crippen LogP contribution is -2.63. The van der Waals surface area contributed by atoms with Gasteiger partial charge >= 0.3 is 0 Å². The van der Waals surface area contributed by atoms with Crippen molar-refractivity contribution in [2.45, 2.75) is 77.6 Å². The Morgan fingerprint density at radius 3 is 2.58 bits per heavy atom. The summed E-state index contributed by atoms with van der Waals surface area (Å²) in [6.07, 6.45) is 5.56. The van der Waals surface area contributed by atoms with Gasteiger partial charge in [-0.05, 0) is 31.1 Å². The lowest BCUT2D eigenvalue weighted by Gasteiger charge is -2.48. The minimum atomic E-state index is 0.331. The third-order valence-electron chi connectivity index (χ3n) is 5.13. The van der Waals surface area contributed by atoms with Crippen LogP contribution in [0.1, 0.15) is 53.4 Å². The third-order valence-corrected chi connectivity index (χ3v) is 5.13. The molecule has 1 aliphatic heterocycles. The maximum absolute atomic E-state index is 5.73. The monoisotopic (exact) mass is 268 g/mol. The van der Waals surface area contributed by atoms with E-state index in [1.54, 1.807) is 0 Å². The van der Waals surface area contributed by atoms with Gasteiger partial charge in [0.05, 0.1) is 6.10 Å². The van der Waals surface area contributed by atoms with Gasteiger partial charge in [0.2, 0.25) is 0 Å². The summed E-state index contributed by atoms with van der Waals surface area (Å²) in [6, 6.07) is 1.91. The Bertz CT molecular complexity index is 287. The fraction of sp³-hybridized carbons (Fsp3) is 1.00. The Balaban J connectivity index is 2.09. The van der Waals surface area contributed by atoms with E-state index in [1.165, 1.54) is 32.2 Å². The van der Waals surface area contributed by atoms with Crippen LogP contribution in [-0.2, 0) is 4.74 Å². The van der Waals surface area contributed by atoms with Crippen LogP contribution in [0.15, 0.2) is 0 Å². The molecule has 0 bridgehead atoms. The predicted octanol–water partition coefficient (Wildman–Crippen LogP) is 2.65. The second-order valence-electron chi connectivity index (χ2n) is 7.36. The highest BCUT2D eigenvalue weighted by Crippen LogP contribution is 2.32. The normalized spacial score (nSPS) is 37.7. The maximum Gasteiger partial charge on any atom is 0.0726 e. The Morgan fingerprint density at radius 2 is 2.00 bits per heavy atom. The maximum atomic E-state index is 5.73. The molecule has 4 unspecified atom stereocenters. The van der Waals surface area contributed by atoms with Gasteiger partial charge in [0, 0.05) is 38.3 Å². The molecule has 19 heavy (non-hydrogen) atoms. The summed E-state index contributed by atoms with van der Waals surface area (Å²) in [6.45, 7) is 11.7. The van der Waals surface area contributed by atoms with Crippen molar-refractivity contribution in [3.63, 3.8) is 0 Å². The van der Waals surface area contributed by atoms with Crippen molar-refractivity contribution in [2.24, 2.45) is 5.41 Å². The van der Waals surface area contributed by atoms with Crippen molar-refractivity contribution in [1.82, 2.24) is 10.2 Å². The average Bonchev–Trinajstić information content (AvgIpc) is 2.85. The minimum absolute atomic E-state index is 0.331. The standard InChI is InChI=1S/C16H32N2O/c1-6-12-10-17-15(16(2,3)4)11-18(12)13-8-7-9-14(13)19-5/h12-15,17H,6-11H2,1-5H3. The number of piperazine rings is 1. The Labute approximate surface area is 119 Å². The topological polar surface area (TPSA) is 24.5 Å². The second-order valence-corrected chi connectivity index (χ2v) is 7.36. The van der Waals surface area contributed by atoms with Gasteiger partial charge < -0.3 is 10.1 Å². The van der Waals surface area contributed by atoms with E-state index >= 15 is 0 Å². The molecule has 0 amide bonds. The van der Waals surface area contributed by atoms with E-state index in [9.17, 15) is 0 Å². The van der Waals surface area contributed by atoms with Crippen LogP contribution in [0.2, 0.25) is 0 Å². The van der Waals surface area contributed by atoms with E-state index in [0.717, 1.165) is 6.54 Å². The van der Waals surface area contributed by atoms with Crippen molar-refractivity contribution in [3.05, 3.63) is 0 Å². The van der Waals surface area contributed by atoms with Crippen molar-refractivity contribution >= 4 is 0 Å². The number of ether oxygens (including phenoxy) is 1. The minimum Gasteiger partial charge on any atom is -0.380 e. The molecule has 1 heterocycles. The molecule has 0 spiro atoms. The van der Waals surface area contributed by atoms with Crippen LogP contribution in [0.3, 0.4) is 0 Å². The zero-order valence-corrected chi connectivity index (χ0v) is 13.4. The highest BCUT2D eigenvalue weighted by Gasteiger charge is 2.40. The van der Waals surface area contributed by atoms with Crippen LogP contribution in [0.25, 0.3) is 0 Å². The third kappa shape index (κ3) is 3.32. The molecule has 0 aromatic carbocycles. The molecular formula is C16H32N2O. The largest absolute Gasteiger partial charge is 0.380 e. The molecule has 1 saturated heterocycles. The van der Waals surface area contributed by atoms with Crippen LogP contribution in [-0.4, -0.2) is 49.3 Å². The average molecular weight is 268 g/mol. The molecule has 0 aromatic heterocycles. The van der Waals surface area contributed by atoms with Gasteiger partial charge in [0.1, 0.15) is 0 Å². The van der Waals surface area contributed by atoms with Gasteiger partial charge in [0.25, 0.3) is 0 Å². The summed E-state index contributed by atoms with van der Waals surface area (Å²) in [4.78, 5) is 2.76. The fourth-order valence-corrected chi connectivity index (χ4v) is 3.75. The molecule has 3 heteroatoms. The van der Waals surface area contributed by atoms with E-state index in [0.29, 0.717) is 29.6 Å². The van der Waals surface area contributed by atoms with E-state index in [1.807, 2.05) is 7.11 Å². The summed E-state index contributed by atoms with van der Waals surface area (Å²) in [5.41, 5.74) is 0.331. The molecular weight excluding hydrogens is 236 g/mol. The van der Waals surface area contributed by atoms with Gasteiger partial charge in [0.15, 0.2) is 0 Å². The van der Waals surface area contributed by atoms with E-state index in [2.05, 4.69) is 37.9 Å². The summed E-state index contributed by atoms with van der Waals surface area (Å²) in [7, 11) is 1.88. The molecule has 1 N–H and O–H groups in total. The van der Waals surface area contributed by atoms with Crippen LogP contribution in [0.4, 0.5) is 0 Å². The van der Waals surface area contributed by atoms with Gasteiger partial charge in [-0.15, -0.1) is 0 Å². The number of hydrogen-bond acceptors (Lipinski definition) is 3.